The van der Waals surface area contributed by atoms with Crippen LogP contribution in [0.2, 0.25) is 0 Å². The van der Waals surface area contributed by atoms with Crippen LogP contribution >= 0.6 is 0 Å². The van der Waals surface area contributed by atoms with Crippen molar-refractivity contribution in [2.45, 2.75) is 26.9 Å². The molecule has 0 saturated heterocycles. The van der Waals surface area contributed by atoms with Gasteiger partial charge >= 0.3 is 0 Å². The van der Waals surface area contributed by atoms with Gasteiger partial charge in [0.1, 0.15) is 18.7 Å². The van der Waals surface area contributed by atoms with Gasteiger partial charge in [-0.05, 0) is 54.8 Å². The second kappa shape index (κ2) is 7.86. The van der Waals surface area contributed by atoms with Gasteiger partial charge in [0.15, 0.2) is 11.2 Å². The zero-order chi connectivity index (χ0) is 21.3. The number of nitrogens with zero attached hydrogens (tertiary/aromatic N) is 5. The molecule has 2 aromatic carbocycles. The summed E-state index contributed by atoms with van der Waals surface area (Å²) in [4.78, 5) is 29.2. The Morgan fingerprint density at radius 1 is 1.10 bits per heavy atom. The van der Waals surface area contributed by atoms with E-state index in [1.165, 1.54) is 27.7 Å². The molecule has 0 aliphatic carbocycles. The Morgan fingerprint density at radius 3 is 2.60 bits per heavy atom. The molecule has 0 fully saturated rings. The number of amides is 1. The lowest BCUT2D eigenvalue weighted by Crippen LogP contribution is -2.32. The van der Waals surface area contributed by atoms with E-state index in [0.717, 1.165) is 22.4 Å². The monoisotopic (exact) mass is 406 g/mol. The lowest BCUT2D eigenvalue weighted by molar-refractivity contribution is -0.121. The smallest absolute Gasteiger partial charge is 0.284 e. The molecule has 1 N–H and O–H groups in total. The number of halogens is 1. The van der Waals surface area contributed by atoms with Crippen molar-refractivity contribution < 1.29 is 9.18 Å². The topological polar surface area (TPSA) is 94.7 Å². The summed E-state index contributed by atoms with van der Waals surface area (Å²) in [6, 6.07) is 11.6. The summed E-state index contributed by atoms with van der Waals surface area (Å²) in [7, 11) is 0. The van der Waals surface area contributed by atoms with Crippen molar-refractivity contribution in [1.29, 1.82) is 0 Å². The number of fused-ring (bicyclic) bond motifs is 1. The number of carbonyl (C=O) groups excluding carboxylic acids is 1. The highest BCUT2D eigenvalue weighted by atomic mass is 19.1. The molecule has 152 valence electrons. The van der Waals surface area contributed by atoms with E-state index < -0.39 is 5.56 Å². The van der Waals surface area contributed by atoms with Gasteiger partial charge in [-0.2, -0.15) is 4.68 Å². The van der Waals surface area contributed by atoms with E-state index in [1.54, 1.807) is 12.1 Å². The van der Waals surface area contributed by atoms with E-state index in [4.69, 9.17) is 0 Å². The predicted molar refractivity (Wildman–Crippen MR) is 109 cm³/mol. The van der Waals surface area contributed by atoms with Gasteiger partial charge in [0.2, 0.25) is 5.91 Å². The van der Waals surface area contributed by atoms with Crippen LogP contribution in [0.3, 0.4) is 0 Å². The SMILES string of the molecule is Cc1ccc(-n2nnc3c(=O)n(CC(=O)NCc4ccc(F)cc4)cnc32)cc1C. The van der Waals surface area contributed by atoms with Crippen LogP contribution in [0.5, 0.6) is 0 Å². The van der Waals surface area contributed by atoms with E-state index in [0.29, 0.717) is 5.65 Å². The molecule has 0 atom stereocenters. The maximum atomic E-state index is 12.9. The zero-order valence-corrected chi connectivity index (χ0v) is 16.5. The van der Waals surface area contributed by atoms with Crippen molar-refractivity contribution in [2.24, 2.45) is 0 Å². The Morgan fingerprint density at radius 2 is 1.87 bits per heavy atom. The van der Waals surface area contributed by atoms with E-state index in [1.807, 2.05) is 32.0 Å². The average Bonchev–Trinajstić information content (AvgIpc) is 3.16. The van der Waals surface area contributed by atoms with Gasteiger partial charge in [-0.3, -0.25) is 14.2 Å². The van der Waals surface area contributed by atoms with Crippen LogP contribution in [0.15, 0.2) is 53.6 Å². The Bertz CT molecular complexity index is 1290. The third-order valence-electron chi connectivity index (χ3n) is 4.88. The van der Waals surface area contributed by atoms with Crippen molar-refractivity contribution in [1.82, 2.24) is 29.9 Å². The molecule has 0 saturated carbocycles. The highest BCUT2D eigenvalue weighted by molar-refractivity contribution is 5.76. The molecule has 0 unspecified atom stereocenters. The van der Waals surface area contributed by atoms with Crippen LogP contribution in [0.25, 0.3) is 16.9 Å². The van der Waals surface area contributed by atoms with Crippen molar-refractivity contribution in [2.75, 3.05) is 0 Å². The fraction of sp³-hybridized carbons (Fsp3) is 0.190. The normalized spacial score (nSPS) is 11.0. The van der Waals surface area contributed by atoms with Crippen molar-refractivity contribution >= 4 is 17.1 Å². The number of nitrogens with one attached hydrogen (secondary N) is 1. The van der Waals surface area contributed by atoms with Crippen LogP contribution < -0.4 is 10.9 Å². The minimum absolute atomic E-state index is 0.0852. The van der Waals surface area contributed by atoms with Gasteiger partial charge < -0.3 is 5.32 Å². The van der Waals surface area contributed by atoms with Gasteiger partial charge in [0.05, 0.1) is 5.69 Å². The second-order valence-electron chi connectivity index (χ2n) is 7.02. The minimum Gasteiger partial charge on any atom is -0.350 e. The van der Waals surface area contributed by atoms with Crippen molar-refractivity contribution in [3.05, 3.63) is 81.7 Å². The van der Waals surface area contributed by atoms with Crippen molar-refractivity contribution in [3.8, 4) is 5.69 Å². The largest absolute Gasteiger partial charge is 0.350 e. The van der Waals surface area contributed by atoms with Crippen LogP contribution in [-0.2, 0) is 17.9 Å². The maximum Gasteiger partial charge on any atom is 0.284 e. The van der Waals surface area contributed by atoms with Gasteiger partial charge in [-0.25, -0.2) is 9.37 Å². The van der Waals surface area contributed by atoms with Crippen LogP contribution in [0.1, 0.15) is 16.7 Å². The Kier molecular flexibility index (Phi) is 5.09. The molecule has 0 spiro atoms. The lowest BCUT2D eigenvalue weighted by Gasteiger charge is -2.08. The molecule has 4 aromatic rings. The van der Waals surface area contributed by atoms with E-state index >= 15 is 0 Å². The molecule has 30 heavy (non-hydrogen) atoms. The highest BCUT2D eigenvalue weighted by Crippen LogP contribution is 2.16. The molecule has 8 nitrogen and oxygen atoms in total. The van der Waals surface area contributed by atoms with Gasteiger partial charge in [-0.15, -0.1) is 5.10 Å². The van der Waals surface area contributed by atoms with Gasteiger partial charge in [0.25, 0.3) is 5.56 Å². The van der Waals surface area contributed by atoms with Crippen LogP contribution in [0.4, 0.5) is 4.39 Å². The molecule has 2 heterocycles. The molecule has 4 rings (SSSR count). The number of rotatable bonds is 5. The molecule has 0 aliphatic heterocycles. The summed E-state index contributed by atoms with van der Waals surface area (Å²) >= 11 is 0. The summed E-state index contributed by atoms with van der Waals surface area (Å²) in [6.07, 6.45) is 1.31. The van der Waals surface area contributed by atoms with E-state index in [9.17, 15) is 14.0 Å². The number of hydrogen-bond donors (Lipinski definition) is 1. The quantitative estimate of drug-likeness (QED) is 0.547. The molecular weight excluding hydrogens is 387 g/mol. The zero-order valence-electron chi connectivity index (χ0n) is 16.5. The summed E-state index contributed by atoms with van der Waals surface area (Å²) in [5, 5.41) is 10.7. The number of carbonyl (C=O) groups is 1. The summed E-state index contributed by atoms with van der Waals surface area (Å²) in [5.74, 6) is -0.714. The van der Waals surface area contributed by atoms with Gasteiger partial charge in [-0.1, -0.05) is 23.4 Å². The summed E-state index contributed by atoms with van der Waals surface area (Å²) in [6.45, 7) is 4.02. The second-order valence-corrected chi connectivity index (χ2v) is 7.02. The number of aromatic nitrogens is 5. The molecular formula is C21H19FN6O2. The van der Waals surface area contributed by atoms with Crippen LogP contribution in [-0.4, -0.2) is 30.5 Å². The first-order valence-corrected chi connectivity index (χ1v) is 9.32. The molecule has 1 amide bonds. The first kappa shape index (κ1) is 19.4. The predicted octanol–water partition coefficient (Wildman–Crippen LogP) is 2.05. The fourth-order valence-electron chi connectivity index (χ4n) is 3.00. The number of benzene rings is 2. The maximum absolute atomic E-state index is 12.9. The third kappa shape index (κ3) is 3.82. The first-order chi connectivity index (χ1) is 14.4. The Hall–Kier alpha value is -3.88. The molecule has 2 aromatic heterocycles. The lowest BCUT2D eigenvalue weighted by atomic mass is 10.1. The standard InChI is InChI=1S/C21H19FN6O2/c1-13-3-8-17(9-14(13)2)28-20-19(25-26-28)21(30)27(12-24-20)11-18(29)23-10-15-4-6-16(22)7-5-15/h3-9,12H,10-11H2,1-2H3,(H,23,29). The molecule has 0 radical (unpaired) electrons. The van der Waals surface area contributed by atoms with E-state index in [-0.39, 0.29) is 30.3 Å². The first-order valence-electron chi connectivity index (χ1n) is 9.32. The Labute approximate surface area is 171 Å². The third-order valence-corrected chi connectivity index (χ3v) is 4.88. The fourth-order valence-corrected chi connectivity index (χ4v) is 3.00. The summed E-state index contributed by atoms with van der Waals surface area (Å²) < 4.78 is 15.6. The Balaban J connectivity index is 1.53. The number of aryl methyl sites for hydroxylation is 2. The van der Waals surface area contributed by atoms with Crippen molar-refractivity contribution in [3.63, 3.8) is 0 Å². The highest BCUT2D eigenvalue weighted by Gasteiger charge is 2.15. The molecule has 0 aliphatic rings. The summed E-state index contributed by atoms with van der Waals surface area (Å²) in [5.41, 5.74) is 3.69. The van der Waals surface area contributed by atoms with E-state index in [2.05, 4.69) is 20.6 Å². The average molecular weight is 406 g/mol. The van der Waals surface area contributed by atoms with Crippen LogP contribution in [0, 0.1) is 19.7 Å². The van der Waals surface area contributed by atoms with Gasteiger partial charge in [0, 0.05) is 6.54 Å². The molecule has 9 heteroatoms. The number of hydrogen-bond acceptors (Lipinski definition) is 5. The molecule has 0 bridgehead atoms. The minimum atomic E-state index is -0.452.